The van der Waals surface area contributed by atoms with Gasteiger partial charge in [-0.15, -0.1) is 0 Å². The highest BCUT2D eigenvalue weighted by molar-refractivity contribution is 5.85. The Morgan fingerprint density at radius 3 is 2.48 bits per heavy atom. The summed E-state index contributed by atoms with van der Waals surface area (Å²) in [5.74, 6) is -1.53. The number of aliphatic carboxylic acids is 1. The van der Waals surface area contributed by atoms with Crippen molar-refractivity contribution in [3.05, 3.63) is 24.0 Å². The number of nitrogens with one attached hydrogen (secondary N) is 1. The van der Waals surface area contributed by atoms with E-state index in [-0.39, 0.29) is 12.3 Å². The summed E-state index contributed by atoms with van der Waals surface area (Å²) in [6.45, 7) is 4.01. The minimum atomic E-state index is -4.65. The Hall–Kier alpha value is -2.52. The highest BCUT2D eigenvalue weighted by Crippen LogP contribution is 2.29. The van der Waals surface area contributed by atoms with Gasteiger partial charge in [-0.1, -0.05) is 0 Å². The number of hydroxylamine groups is 2. The Morgan fingerprint density at radius 1 is 1.39 bits per heavy atom. The summed E-state index contributed by atoms with van der Waals surface area (Å²) < 4.78 is 37.7. The molecular formula is C13H16F3N3O4. The van der Waals surface area contributed by atoms with Gasteiger partial charge < -0.3 is 15.3 Å². The first-order chi connectivity index (χ1) is 10.5. The van der Waals surface area contributed by atoms with E-state index in [4.69, 9.17) is 9.94 Å². The Labute approximate surface area is 130 Å². The van der Waals surface area contributed by atoms with E-state index in [0.717, 1.165) is 12.3 Å². The standard InChI is InChI=1S/C13H16F3N3O4/c1-4-19(11(22)18-12(2,3)10(20)21)23-8-5-6-17-9(7-8)13(14,15)16/h5-7H,4H2,1-3H3,(H,18,22)(H,20,21). The van der Waals surface area contributed by atoms with Gasteiger partial charge in [-0.25, -0.2) is 9.59 Å². The van der Waals surface area contributed by atoms with Crippen molar-refractivity contribution in [3.8, 4) is 5.75 Å². The number of amides is 2. The molecule has 10 heteroatoms. The predicted molar refractivity (Wildman–Crippen MR) is 72.5 cm³/mol. The number of hydrogen-bond donors (Lipinski definition) is 2. The third-order valence-corrected chi connectivity index (χ3v) is 2.71. The number of rotatable bonds is 5. The van der Waals surface area contributed by atoms with Gasteiger partial charge in [-0.3, -0.25) is 4.98 Å². The highest BCUT2D eigenvalue weighted by Gasteiger charge is 2.34. The van der Waals surface area contributed by atoms with Crippen LogP contribution in [0.4, 0.5) is 18.0 Å². The summed E-state index contributed by atoms with van der Waals surface area (Å²) in [6, 6.07) is 0.886. The molecule has 2 amide bonds. The maximum Gasteiger partial charge on any atom is 0.433 e. The minimum Gasteiger partial charge on any atom is -0.480 e. The van der Waals surface area contributed by atoms with E-state index in [9.17, 15) is 22.8 Å². The van der Waals surface area contributed by atoms with Gasteiger partial charge >= 0.3 is 18.2 Å². The molecule has 2 N–H and O–H groups in total. The fourth-order valence-electron chi connectivity index (χ4n) is 1.38. The van der Waals surface area contributed by atoms with E-state index in [1.54, 1.807) is 0 Å². The molecule has 1 rings (SSSR count). The second kappa shape index (κ2) is 6.71. The lowest BCUT2D eigenvalue weighted by Crippen LogP contribution is -2.54. The number of carbonyl (C=O) groups is 2. The smallest absolute Gasteiger partial charge is 0.433 e. The van der Waals surface area contributed by atoms with Crippen molar-refractivity contribution >= 4 is 12.0 Å². The van der Waals surface area contributed by atoms with Gasteiger partial charge in [0.2, 0.25) is 0 Å². The van der Waals surface area contributed by atoms with Crippen LogP contribution >= 0.6 is 0 Å². The first kappa shape index (κ1) is 18.5. The second-order valence-corrected chi connectivity index (χ2v) is 5.02. The molecule has 0 aliphatic heterocycles. The number of hydrogen-bond acceptors (Lipinski definition) is 4. The maximum absolute atomic E-state index is 12.6. The van der Waals surface area contributed by atoms with E-state index < -0.39 is 29.4 Å². The van der Waals surface area contributed by atoms with Crippen molar-refractivity contribution < 1.29 is 32.7 Å². The first-order valence-electron chi connectivity index (χ1n) is 6.51. The van der Waals surface area contributed by atoms with Crippen LogP contribution < -0.4 is 10.2 Å². The molecule has 0 saturated heterocycles. The molecule has 0 spiro atoms. The summed E-state index contributed by atoms with van der Waals surface area (Å²) in [7, 11) is 0. The molecule has 0 atom stereocenters. The van der Waals surface area contributed by atoms with Gasteiger partial charge in [0.15, 0.2) is 5.75 Å². The van der Waals surface area contributed by atoms with Crippen molar-refractivity contribution in [3.63, 3.8) is 0 Å². The summed E-state index contributed by atoms with van der Waals surface area (Å²) in [6.07, 6.45) is -3.75. The number of alkyl halides is 3. The molecule has 0 radical (unpaired) electrons. The van der Waals surface area contributed by atoms with Crippen LogP contribution in [0.2, 0.25) is 0 Å². The SMILES string of the molecule is CCN(Oc1ccnc(C(F)(F)F)c1)C(=O)NC(C)(C)C(=O)O. The van der Waals surface area contributed by atoms with Gasteiger partial charge in [0, 0.05) is 18.3 Å². The van der Waals surface area contributed by atoms with Crippen LogP contribution in [0.25, 0.3) is 0 Å². The lowest BCUT2D eigenvalue weighted by Gasteiger charge is -2.27. The molecule has 23 heavy (non-hydrogen) atoms. The van der Waals surface area contributed by atoms with E-state index in [2.05, 4.69) is 10.3 Å². The van der Waals surface area contributed by atoms with Crippen LogP contribution in [0.3, 0.4) is 0 Å². The number of nitrogens with zero attached hydrogens (tertiary/aromatic N) is 2. The van der Waals surface area contributed by atoms with E-state index in [0.29, 0.717) is 11.1 Å². The number of urea groups is 1. The Morgan fingerprint density at radius 2 is 2.00 bits per heavy atom. The normalized spacial score (nSPS) is 11.7. The first-order valence-corrected chi connectivity index (χ1v) is 6.51. The van der Waals surface area contributed by atoms with Gasteiger partial charge in [0.05, 0.1) is 6.54 Å². The molecule has 1 heterocycles. The number of pyridine rings is 1. The minimum absolute atomic E-state index is 0.0226. The number of aromatic nitrogens is 1. The van der Waals surface area contributed by atoms with Gasteiger partial charge in [0.25, 0.3) is 0 Å². The molecule has 0 aromatic carbocycles. The van der Waals surface area contributed by atoms with Crippen LogP contribution in [-0.2, 0) is 11.0 Å². The summed E-state index contributed by atoms with van der Waals surface area (Å²) in [4.78, 5) is 31.2. The molecule has 0 aliphatic rings. The number of carboxylic acids is 1. The third-order valence-electron chi connectivity index (χ3n) is 2.71. The molecular weight excluding hydrogens is 319 g/mol. The quantitative estimate of drug-likeness (QED) is 0.806. The van der Waals surface area contributed by atoms with E-state index in [1.165, 1.54) is 20.8 Å². The Bertz CT molecular complexity index is 590. The van der Waals surface area contributed by atoms with Crippen molar-refractivity contribution in [1.82, 2.24) is 15.4 Å². The molecule has 1 aromatic rings. The molecule has 1 aromatic heterocycles. The fourth-order valence-corrected chi connectivity index (χ4v) is 1.38. The van der Waals surface area contributed by atoms with Crippen molar-refractivity contribution in [1.29, 1.82) is 0 Å². The second-order valence-electron chi connectivity index (χ2n) is 5.02. The van der Waals surface area contributed by atoms with Crippen molar-refractivity contribution in [2.75, 3.05) is 6.54 Å². The largest absolute Gasteiger partial charge is 0.480 e. The van der Waals surface area contributed by atoms with Crippen LogP contribution in [-0.4, -0.2) is 39.2 Å². The van der Waals surface area contributed by atoms with Gasteiger partial charge in [0.1, 0.15) is 11.2 Å². The zero-order chi connectivity index (χ0) is 17.8. The molecule has 0 bridgehead atoms. The Balaban J connectivity index is 2.88. The van der Waals surface area contributed by atoms with Crippen LogP contribution in [0.5, 0.6) is 5.75 Å². The molecule has 0 saturated carbocycles. The molecule has 128 valence electrons. The number of halogens is 3. The number of carbonyl (C=O) groups excluding carboxylic acids is 1. The highest BCUT2D eigenvalue weighted by atomic mass is 19.4. The zero-order valence-corrected chi connectivity index (χ0v) is 12.6. The Kier molecular flexibility index (Phi) is 5.41. The zero-order valence-electron chi connectivity index (χ0n) is 12.6. The summed E-state index contributed by atoms with van der Waals surface area (Å²) >= 11 is 0. The average molecular weight is 335 g/mol. The summed E-state index contributed by atoms with van der Waals surface area (Å²) in [5.41, 5.74) is -2.74. The third kappa shape index (κ3) is 5.01. The topological polar surface area (TPSA) is 91.8 Å². The maximum atomic E-state index is 12.6. The van der Waals surface area contributed by atoms with Crippen LogP contribution in [0, 0.1) is 0 Å². The molecule has 0 aliphatic carbocycles. The lowest BCUT2D eigenvalue weighted by atomic mass is 10.1. The van der Waals surface area contributed by atoms with Crippen LogP contribution in [0.15, 0.2) is 18.3 Å². The van der Waals surface area contributed by atoms with Crippen molar-refractivity contribution in [2.45, 2.75) is 32.5 Å². The predicted octanol–water partition coefficient (Wildman–Crippen LogP) is 2.29. The molecule has 7 nitrogen and oxygen atoms in total. The number of carboxylic acid groups (broad SMARTS) is 1. The van der Waals surface area contributed by atoms with E-state index >= 15 is 0 Å². The van der Waals surface area contributed by atoms with Gasteiger partial charge in [-0.05, 0) is 20.8 Å². The monoisotopic (exact) mass is 335 g/mol. The molecule has 0 fully saturated rings. The van der Waals surface area contributed by atoms with E-state index in [1.807, 2.05) is 0 Å². The van der Waals surface area contributed by atoms with Gasteiger partial charge in [-0.2, -0.15) is 18.2 Å². The average Bonchev–Trinajstić information content (AvgIpc) is 2.43. The van der Waals surface area contributed by atoms with Crippen molar-refractivity contribution in [2.24, 2.45) is 0 Å². The van der Waals surface area contributed by atoms with Crippen LogP contribution in [0.1, 0.15) is 26.5 Å². The fraction of sp³-hybridized carbons (Fsp3) is 0.462. The summed E-state index contributed by atoms with van der Waals surface area (Å²) in [5, 5.41) is 11.9. The molecule has 0 unspecified atom stereocenters. The lowest BCUT2D eigenvalue weighted by molar-refractivity contribution is -0.143.